The van der Waals surface area contributed by atoms with Crippen LogP contribution in [-0.4, -0.2) is 66.1 Å². The number of hydrogen-bond acceptors (Lipinski definition) is 6. The molecule has 278 valence electrons. The number of amides is 2. The molecule has 52 heavy (non-hydrogen) atoms. The normalized spacial score (nSPS) is 24.8. The highest BCUT2D eigenvalue weighted by molar-refractivity contribution is 7.93. The van der Waals surface area contributed by atoms with Gasteiger partial charge in [0, 0.05) is 35.8 Å². The van der Waals surface area contributed by atoms with Gasteiger partial charge in [-0.2, -0.15) is 26.3 Å². The predicted octanol–water partition coefficient (Wildman–Crippen LogP) is 6.11. The third kappa shape index (κ3) is 6.08. The van der Waals surface area contributed by atoms with Crippen molar-refractivity contribution in [2.45, 2.75) is 85.8 Å². The van der Waals surface area contributed by atoms with Crippen molar-refractivity contribution in [1.29, 1.82) is 0 Å². The van der Waals surface area contributed by atoms with Crippen molar-refractivity contribution >= 4 is 27.5 Å². The molecule has 17 heteroatoms. The fourth-order valence-electron chi connectivity index (χ4n) is 7.72. The zero-order valence-electron chi connectivity index (χ0n) is 27.4. The van der Waals surface area contributed by atoms with Gasteiger partial charge in [0.1, 0.15) is 5.82 Å². The number of carbonyl (C=O) groups is 2. The van der Waals surface area contributed by atoms with E-state index in [1.54, 1.807) is 4.90 Å². The number of hydrogen-bond donors (Lipinski definition) is 2. The monoisotopic (exact) mass is 754 g/mol. The third-order valence-corrected chi connectivity index (χ3v) is 12.7. The maximum absolute atomic E-state index is 14.7. The van der Waals surface area contributed by atoms with Crippen LogP contribution >= 0.6 is 0 Å². The first-order chi connectivity index (χ1) is 24.4. The van der Waals surface area contributed by atoms with Crippen LogP contribution in [0, 0.1) is 11.7 Å². The lowest BCUT2D eigenvalue weighted by Crippen LogP contribution is -2.56. The number of fused-ring (bicyclic) bond motifs is 2. The number of nitrogens with zero attached hydrogens (tertiary/aromatic N) is 3. The number of benzene rings is 2. The predicted molar refractivity (Wildman–Crippen MR) is 171 cm³/mol. The number of aliphatic hydroxyl groups is 1. The zero-order valence-corrected chi connectivity index (χ0v) is 28.2. The van der Waals surface area contributed by atoms with Crippen molar-refractivity contribution < 1.29 is 53.8 Å². The maximum Gasteiger partial charge on any atom is 0.417 e. The van der Waals surface area contributed by atoms with Crippen molar-refractivity contribution in [2.24, 2.45) is 5.92 Å². The van der Waals surface area contributed by atoms with Gasteiger partial charge in [0.15, 0.2) is 5.60 Å². The number of nitrogens with one attached hydrogen (secondary N) is 1. The summed E-state index contributed by atoms with van der Waals surface area (Å²) in [6.45, 7) is 0.483. The molecule has 2 aliphatic carbocycles. The smallest absolute Gasteiger partial charge is 0.380 e. The van der Waals surface area contributed by atoms with Crippen molar-refractivity contribution in [3.05, 3.63) is 88.5 Å². The third-order valence-electron chi connectivity index (χ3n) is 10.9. The van der Waals surface area contributed by atoms with E-state index < -0.39 is 81.8 Å². The number of halogens is 7. The summed E-state index contributed by atoms with van der Waals surface area (Å²) >= 11 is 0. The quantitative estimate of drug-likeness (QED) is 0.281. The molecule has 3 aromatic rings. The minimum Gasteiger partial charge on any atom is -0.380 e. The Hall–Kier alpha value is -4.25. The first-order valence-electron chi connectivity index (χ1n) is 16.7. The molecule has 1 saturated heterocycles. The van der Waals surface area contributed by atoms with Crippen LogP contribution in [0.3, 0.4) is 0 Å². The minimum atomic E-state index is -4.94. The van der Waals surface area contributed by atoms with Gasteiger partial charge in [0.2, 0.25) is 0 Å². The molecule has 1 atom stereocenters. The number of rotatable bonds is 7. The van der Waals surface area contributed by atoms with Crippen LogP contribution in [-0.2, 0) is 28.2 Å². The zero-order chi connectivity index (χ0) is 37.4. The maximum atomic E-state index is 14.7. The van der Waals surface area contributed by atoms with Gasteiger partial charge < -0.3 is 15.3 Å². The SMILES string of the molecule is O=C(NCc1ncc(C(F)(F)F)cc1F)c1ccc2c(c1)C1(CCC(O)(C(F)(F)F)CC1)C(C1CC1)N2S(=O)(=O)c1cccc(C(=O)N2CCC2)c1. The van der Waals surface area contributed by atoms with E-state index in [-0.39, 0.29) is 58.0 Å². The summed E-state index contributed by atoms with van der Waals surface area (Å²) in [5, 5.41) is 13.0. The van der Waals surface area contributed by atoms with Gasteiger partial charge in [0.25, 0.3) is 21.8 Å². The highest BCUT2D eigenvalue weighted by atomic mass is 32.2. The summed E-state index contributed by atoms with van der Waals surface area (Å²) in [5.74, 6) is -2.70. The molecule has 2 amide bonds. The summed E-state index contributed by atoms with van der Waals surface area (Å²) in [6, 6.07) is 9.02. The van der Waals surface area contributed by atoms with Crippen LogP contribution in [0.5, 0.6) is 0 Å². The molecule has 2 aromatic carbocycles. The standard InChI is InChI=1S/C35H33F7N4O5S/c36-26-17-23(34(37,38)39)18-43-27(26)19-44-30(47)21-7-8-28-25(16-21)32(9-11-33(49,12-10-32)35(40,41)42)29(20-5-6-20)46(28)52(50,51)24-4-1-3-22(15-24)31(48)45-13-2-14-45/h1,3-4,7-8,15-18,20,29,49H,2,5-6,9-14,19H2,(H,44,47). The molecule has 2 aliphatic heterocycles. The number of likely N-dealkylation sites (tertiary alicyclic amines) is 1. The van der Waals surface area contributed by atoms with Crippen molar-refractivity contribution in [1.82, 2.24) is 15.2 Å². The van der Waals surface area contributed by atoms with Gasteiger partial charge >= 0.3 is 12.4 Å². The van der Waals surface area contributed by atoms with E-state index in [2.05, 4.69) is 10.3 Å². The number of sulfonamides is 1. The Labute approximate surface area is 293 Å². The van der Waals surface area contributed by atoms with Gasteiger partial charge in [-0.05, 0) is 98.9 Å². The molecule has 7 rings (SSSR count). The topological polar surface area (TPSA) is 120 Å². The molecule has 4 aliphatic rings. The summed E-state index contributed by atoms with van der Waals surface area (Å²) in [5.41, 5.74) is -5.50. The van der Waals surface area contributed by atoms with Gasteiger partial charge in [-0.1, -0.05) is 6.07 Å². The average molecular weight is 755 g/mol. The number of anilines is 1. The second-order valence-corrected chi connectivity index (χ2v) is 15.8. The van der Waals surface area contributed by atoms with Crippen LogP contribution in [0.4, 0.5) is 36.4 Å². The molecule has 1 aromatic heterocycles. The molecule has 0 bridgehead atoms. The van der Waals surface area contributed by atoms with E-state index in [1.165, 1.54) is 46.8 Å². The van der Waals surface area contributed by atoms with Crippen molar-refractivity contribution in [2.75, 3.05) is 17.4 Å². The Morgan fingerprint density at radius 3 is 2.21 bits per heavy atom. The first-order valence-corrected chi connectivity index (χ1v) is 18.2. The second kappa shape index (κ2) is 12.4. The van der Waals surface area contributed by atoms with E-state index in [1.807, 2.05) is 0 Å². The van der Waals surface area contributed by atoms with E-state index in [0.29, 0.717) is 32.1 Å². The van der Waals surface area contributed by atoms with E-state index in [4.69, 9.17) is 0 Å². The molecule has 1 unspecified atom stereocenters. The largest absolute Gasteiger partial charge is 0.417 e. The fourth-order valence-corrected chi connectivity index (χ4v) is 9.56. The van der Waals surface area contributed by atoms with Crippen LogP contribution in [0.15, 0.2) is 59.6 Å². The van der Waals surface area contributed by atoms with Gasteiger partial charge in [0.05, 0.1) is 34.4 Å². The first kappa shape index (κ1) is 36.1. The molecule has 0 radical (unpaired) electrons. The summed E-state index contributed by atoms with van der Waals surface area (Å²) in [6.07, 6.45) is -9.31. The Balaban J connectivity index is 1.26. The van der Waals surface area contributed by atoms with Crippen LogP contribution < -0.4 is 9.62 Å². The fraction of sp³-hybridized carbons (Fsp3) is 0.457. The number of aromatic nitrogens is 1. The van der Waals surface area contributed by atoms with E-state index in [0.717, 1.165) is 6.42 Å². The Morgan fingerprint density at radius 1 is 0.942 bits per heavy atom. The number of carbonyl (C=O) groups excluding carboxylic acids is 2. The van der Waals surface area contributed by atoms with Gasteiger partial charge in [-0.25, -0.2) is 12.8 Å². The number of alkyl halides is 6. The average Bonchev–Trinajstić information content (AvgIpc) is 3.86. The molecular weight excluding hydrogens is 721 g/mol. The molecule has 3 heterocycles. The van der Waals surface area contributed by atoms with Gasteiger partial charge in [-0.15, -0.1) is 0 Å². The molecule has 2 saturated carbocycles. The highest BCUT2D eigenvalue weighted by Crippen LogP contribution is 2.62. The van der Waals surface area contributed by atoms with Crippen LogP contribution in [0.2, 0.25) is 0 Å². The lowest BCUT2D eigenvalue weighted by Gasteiger charge is -2.47. The van der Waals surface area contributed by atoms with Crippen LogP contribution in [0.25, 0.3) is 0 Å². The lowest BCUT2D eigenvalue weighted by molar-refractivity contribution is -0.273. The van der Waals surface area contributed by atoms with Crippen molar-refractivity contribution in [3.63, 3.8) is 0 Å². The molecule has 9 nitrogen and oxygen atoms in total. The molecule has 2 N–H and O–H groups in total. The molecule has 1 spiro atoms. The van der Waals surface area contributed by atoms with Crippen LogP contribution in [0.1, 0.15) is 82.5 Å². The molecule has 3 fully saturated rings. The Bertz CT molecular complexity index is 2040. The van der Waals surface area contributed by atoms with E-state index >= 15 is 0 Å². The Kier molecular flexibility index (Phi) is 8.63. The summed E-state index contributed by atoms with van der Waals surface area (Å²) < 4.78 is 126. The minimum absolute atomic E-state index is 0.0574. The van der Waals surface area contributed by atoms with Gasteiger partial charge in [-0.3, -0.25) is 18.9 Å². The molecular formula is C35H33F7N4O5S. The van der Waals surface area contributed by atoms with Crippen molar-refractivity contribution in [3.8, 4) is 0 Å². The Morgan fingerprint density at radius 2 is 1.63 bits per heavy atom. The lowest BCUT2D eigenvalue weighted by atomic mass is 9.61. The van der Waals surface area contributed by atoms with E-state index in [9.17, 15) is 53.8 Å². The summed E-state index contributed by atoms with van der Waals surface area (Å²) in [4.78, 5) is 31.3. The second-order valence-electron chi connectivity index (χ2n) is 14.0. The summed E-state index contributed by atoms with van der Waals surface area (Å²) in [7, 11) is -4.46. The highest BCUT2D eigenvalue weighted by Gasteiger charge is 2.65. The number of pyridine rings is 1.